The van der Waals surface area contributed by atoms with E-state index in [4.69, 9.17) is 5.11 Å². The summed E-state index contributed by atoms with van der Waals surface area (Å²) in [6, 6.07) is -0.00537. The summed E-state index contributed by atoms with van der Waals surface area (Å²) in [6.07, 6.45) is 1.05. The molecule has 0 aromatic carbocycles. The van der Waals surface area contributed by atoms with Crippen molar-refractivity contribution in [3.8, 4) is 9.86 Å². The van der Waals surface area contributed by atoms with Crippen molar-refractivity contribution in [2.75, 3.05) is 6.54 Å². The summed E-state index contributed by atoms with van der Waals surface area (Å²) < 4.78 is 2.95. The van der Waals surface area contributed by atoms with E-state index in [0.29, 0.717) is 29.1 Å². The predicted octanol–water partition coefficient (Wildman–Crippen LogP) is -0.545. The molecule has 1 atom stereocenters. The molecule has 0 aliphatic carbocycles. The Kier molecular flexibility index (Phi) is 3.06. The van der Waals surface area contributed by atoms with Gasteiger partial charge in [0.25, 0.3) is 0 Å². The van der Waals surface area contributed by atoms with Gasteiger partial charge in [0, 0.05) is 0 Å². The molecule has 0 saturated carbocycles. The molecule has 1 unspecified atom stereocenters. The fraction of sp³-hybridized carbons (Fsp3) is 0.571. The van der Waals surface area contributed by atoms with Crippen LogP contribution >= 0.6 is 0 Å². The number of carbonyl (C=O) groups is 1. The van der Waals surface area contributed by atoms with Crippen LogP contribution in [0, 0.1) is 9.86 Å². The number of likely N-dealkylation sites (tertiary alicyclic amines) is 1. The van der Waals surface area contributed by atoms with Gasteiger partial charge in [0.1, 0.15) is 0 Å². The molecule has 0 aromatic rings. The van der Waals surface area contributed by atoms with Gasteiger partial charge in [0.15, 0.2) is 0 Å². The molecule has 1 rings (SSSR count). The van der Waals surface area contributed by atoms with Crippen molar-refractivity contribution in [2.45, 2.75) is 18.9 Å². The average Bonchev–Trinajstić information content (AvgIpc) is 2.36. The molecule has 4 heteroatoms. The van der Waals surface area contributed by atoms with Crippen molar-refractivity contribution in [2.24, 2.45) is 0 Å². The second kappa shape index (κ2) is 3.86. The summed E-state index contributed by atoms with van der Waals surface area (Å²) in [5.41, 5.74) is 0. The zero-order chi connectivity index (χ0) is 8.27. The van der Waals surface area contributed by atoms with Gasteiger partial charge in [0.2, 0.25) is 0 Å². The molecule has 0 radical (unpaired) electrons. The van der Waals surface area contributed by atoms with Gasteiger partial charge in [-0.15, -0.1) is 0 Å². The third-order valence-electron chi connectivity index (χ3n) is 1.81. The van der Waals surface area contributed by atoms with E-state index in [1.165, 1.54) is 4.90 Å². The number of amides is 1. The van der Waals surface area contributed by atoms with E-state index in [1.807, 2.05) is 0 Å². The summed E-state index contributed by atoms with van der Waals surface area (Å²) in [7, 11) is 0. The molecule has 60 valence electrons. The number of hydrogen-bond acceptors (Lipinski definition) is 1. The maximum atomic E-state index is 10.6. The van der Waals surface area contributed by atoms with E-state index in [9.17, 15) is 4.79 Å². The summed E-state index contributed by atoms with van der Waals surface area (Å²) >= 11 is 0.367. The van der Waals surface area contributed by atoms with Crippen molar-refractivity contribution in [1.29, 1.82) is 0 Å². The first kappa shape index (κ1) is 8.72. The first-order valence-corrected chi connectivity index (χ1v) is 6.53. The molecule has 0 aromatic heterocycles. The van der Waals surface area contributed by atoms with Gasteiger partial charge in [0.05, 0.1) is 0 Å². The quantitative estimate of drug-likeness (QED) is 0.469. The molecular formula is C7H11NO2Sn. The normalized spacial score (nSPS) is 22.9. The van der Waals surface area contributed by atoms with Crippen LogP contribution in [0.2, 0.25) is 0 Å². The number of rotatable bonds is 0. The molecule has 1 N–H and O–H groups in total. The third kappa shape index (κ3) is 2.03. The molecular weight excluding hydrogens is 249 g/mol. The third-order valence-corrected chi connectivity index (χ3v) is 2.63. The van der Waals surface area contributed by atoms with Crippen LogP contribution in [0.5, 0.6) is 0 Å². The van der Waals surface area contributed by atoms with Gasteiger partial charge in [-0.1, -0.05) is 0 Å². The van der Waals surface area contributed by atoms with Crippen molar-refractivity contribution in [3.63, 3.8) is 0 Å². The van der Waals surface area contributed by atoms with E-state index >= 15 is 0 Å². The molecule has 1 fully saturated rings. The second-order valence-electron chi connectivity index (χ2n) is 2.53. The van der Waals surface area contributed by atoms with Crippen LogP contribution in [-0.2, 0) is 0 Å². The predicted molar refractivity (Wildman–Crippen MR) is 45.5 cm³/mol. The Hall–Kier alpha value is -0.371. The molecule has 1 heterocycles. The fourth-order valence-electron chi connectivity index (χ4n) is 1.31. The summed E-state index contributed by atoms with van der Waals surface area (Å²) in [5.74, 6) is 2.96. The summed E-state index contributed by atoms with van der Waals surface area (Å²) in [4.78, 5) is 12.0. The SMILES string of the molecule is O=C(O)N1CCCC1C#[C][SnH3]. The Morgan fingerprint density at radius 2 is 2.45 bits per heavy atom. The standard InChI is InChI=1S/C7H8NO2.Sn.3H/c1-2-6-4-3-5-8(6)7(9)10;;;;/h6H,3-5H2,(H,9,10);;;;. The van der Waals surface area contributed by atoms with Crippen molar-refractivity contribution < 1.29 is 9.90 Å². The Balaban J connectivity index is 2.62. The maximum absolute atomic E-state index is 10.6. The number of nitrogens with zero attached hydrogens (tertiary/aromatic N) is 1. The number of carboxylic acid groups (broad SMARTS) is 1. The van der Waals surface area contributed by atoms with Crippen LogP contribution in [0.15, 0.2) is 0 Å². The van der Waals surface area contributed by atoms with Crippen LogP contribution < -0.4 is 0 Å². The molecule has 1 saturated heterocycles. The van der Waals surface area contributed by atoms with Crippen molar-refractivity contribution in [3.05, 3.63) is 0 Å². The summed E-state index contributed by atoms with van der Waals surface area (Å²) in [6.45, 7) is 0.657. The van der Waals surface area contributed by atoms with Crippen molar-refractivity contribution in [1.82, 2.24) is 4.90 Å². The van der Waals surface area contributed by atoms with Gasteiger partial charge in [-0.05, 0) is 0 Å². The van der Waals surface area contributed by atoms with Crippen LogP contribution in [0.1, 0.15) is 12.8 Å². The Morgan fingerprint density at radius 1 is 1.73 bits per heavy atom. The minimum absolute atomic E-state index is 0.00537. The molecule has 11 heavy (non-hydrogen) atoms. The molecule has 3 nitrogen and oxygen atoms in total. The Bertz CT molecular complexity index is 218. The molecule has 1 amide bonds. The van der Waals surface area contributed by atoms with E-state index in [1.54, 1.807) is 0 Å². The van der Waals surface area contributed by atoms with Gasteiger partial charge >= 0.3 is 78.7 Å². The van der Waals surface area contributed by atoms with Gasteiger partial charge in [-0.25, -0.2) is 0 Å². The van der Waals surface area contributed by atoms with Crippen LogP contribution in [0.25, 0.3) is 0 Å². The minimum atomic E-state index is -0.828. The average molecular weight is 260 g/mol. The Labute approximate surface area is 78.8 Å². The van der Waals surface area contributed by atoms with Crippen molar-refractivity contribution >= 4 is 28.6 Å². The van der Waals surface area contributed by atoms with Gasteiger partial charge in [-0.3, -0.25) is 0 Å². The van der Waals surface area contributed by atoms with Gasteiger partial charge in [-0.2, -0.15) is 0 Å². The van der Waals surface area contributed by atoms with E-state index < -0.39 is 6.09 Å². The molecule has 1 aliphatic rings. The molecule has 1 aliphatic heterocycles. The van der Waals surface area contributed by atoms with Crippen LogP contribution in [0.3, 0.4) is 0 Å². The molecule has 0 spiro atoms. The van der Waals surface area contributed by atoms with E-state index in [-0.39, 0.29) is 6.04 Å². The molecule has 0 bridgehead atoms. The first-order chi connectivity index (χ1) is 5.25. The number of hydrogen-bond donors (Lipinski definition) is 1. The summed E-state index contributed by atoms with van der Waals surface area (Å²) in [5, 5.41) is 8.69. The zero-order valence-electron chi connectivity index (χ0n) is 6.50. The topological polar surface area (TPSA) is 40.5 Å². The van der Waals surface area contributed by atoms with E-state index in [2.05, 4.69) is 9.86 Å². The monoisotopic (exact) mass is 261 g/mol. The Morgan fingerprint density at radius 3 is 3.00 bits per heavy atom. The van der Waals surface area contributed by atoms with Crippen LogP contribution in [0.4, 0.5) is 4.79 Å². The van der Waals surface area contributed by atoms with E-state index in [0.717, 1.165) is 12.8 Å². The van der Waals surface area contributed by atoms with Crippen LogP contribution in [-0.4, -0.2) is 51.2 Å². The zero-order valence-corrected chi connectivity index (χ0v) is 12.2. The first-order valence-electron chi connectivity index (χ1n) is 3.67. The van der Waals surface area contributed by atoms with Gasteiger partial charge < -0.3 is 0 Å². The second-order valence-corrected chi connectivity index (χ2v) is 3.96. The fourth-order valence-corrected chi connectivity index (χ4v) is 2.26.